The van der Waals surface area contributed by atoms with Crippen LogP contribution in [0.15, 0.2) is 29.6 Å². The van der Waals surface area contributed by atoms with Crippen LogP contribution in [0.2, 0.25) is 0 Å². The Kier molecular flexibility index (Phi) is 2.52. The van der Waals surface area contributed by atoms with Crippen molar-refractivity contribution in [1.29, 1.82) is 0 Å². The van der Waals surface area contributed by atoms with Crippen LogP contribution < -0.4 is 4.90 Å². The normalized spacial score (nSPS) is 19.1. The molecule has 1 fully saturated rings. The number of rotatable bonds is 2. The highest BCUT2D eigenvalue weighted by Crippen LogP contribution is 2.31. The van der Waals surface area contributed by atoms with Gasteiger partial charge in [-0.25, -0.2) is 4.79 Å². The number of esters is 1. The molecule has 1 saturated heterocycles. The van der Waals surface area contributed by atoms with Crippen molar-refractivity contribution in [3.05, 3.63) is 29.6 Å². The second-order valence-electron chi connectivity index (χ2n) is 4.16. The van der Waals surface area contributed by atoms with Gasteiger partial charge >= 0.3 is 5.97 Å². The maximum atomic E-state index is 11.5. The SMILES string of the molecule is COC(=O)C1CCN1c1ccc2sccc2c1. The van der Waals surface area contributed by atoms with E-state index in [4.69, 9.17) is 4.74 Å². The fraction of sp³-hybridized carbons (Fsp3) is 0.308. The standard InChI is InChI=1S/C13H13NO2S/c1-16-13(15)11-4-6-14(11)10-2-3-12-9(8-10)5-7-17-12/h2-3,5,7-8,11H,4,6H2,1H3. The average molecular weight is 247 g/mol. The predicted molar refractivity (Wildman–Crippen MR) is 69.6 cm³/mol. The zero-order valence-electron chi connectivity index (χ0n) is 9.55. The Morgan fingerprint density at radius 1 is 1.47 bits per heavy atom. The monoisotopic (exact) mass is 247 g/mol. The highest BCUT2D eigenvalue weighted by Gasteiger charge is 2.35. The smallest absolute Gasteiger partial charge is 0.328 e. The van der Waals surface area contributed by atoms with Crippen molar-refractivity contribution in [2.75, 3.05) is 18.6 Å². The first kappa shape index (κ1) is 10.6. The molecule has 0 N–H and O–H groups in total. The molecule has 0 saturated carbocycles. The molecule has 0 radical (unpaired) electrons. The van der Waals surface area contributed by atoms with E-state index in [1.54, 1.807) is 11.3 Å². The fourth-order valence-corrected chi connectivity index (χ4v) is 2.98. The topological polar surface area (TPSA) is 29.5 Å². The number of methoxy groups -OCH3 is 1. The zero-order chi connectivity index (χ0) is 11.8. The molecule has 3 nitrogen and oxygen atoms in total. The van der Waals surface area contributed by atoms with Crippen LogP contribution >= 0.6 is 11.3 Å². The van der Waals surface area contributed by atoms with Gasteiger partial charge in [0.05, 0.1) is 7.11 Å². The maximum absolute atomic E-state index is 11.5. The first-order valence-corrected chi connectivity index (χ1v) is 6.49. The Hall–Kier alpha value is -1.55. The van der Waals surface area contributed by atoms with Gasteiger partial charge in [0.1, 0.15) is 6.04 Å². The lowest BCUT2D eigenvalue weighted by Gasteiger charge is -2.40. The second-order valence-corrected chi connectivity index (χ2v) is 5.11. The van der Waals surface area contributed by atoms with Gasteiger partial charge in [0.15, 0.2) is 0 Å². The van der Waals surface area contributed by atoms with Gasteiger partial charge < -0.3 is 9.64 Å². The lowest BCUT2D eigenvalue weighted by Crippen LogP contribution is -2.53. The van der Waals surface area contributed by atoms with Crippen molar-refractivity contribution in [1.82, 2.24) is 0 Å². The lowest BCUT2D eigenvalue weighted by molar-refractivity contribution is -0.143. The quantitative estimate of drug-likeness (QED) is 0.764. The molecule has 1 aliphatic heterocycles. The van der Waals surface area contributed by atoms with E-state index >= 15 is 0 Å². The highest BCUT2D eigenvalue weighted by molar-refractivity contribution is 7.17. The molecule has 0 aliphatic carbocycles. The minimum absolute atomic E-state index is 0.101. The number of fused-ring (bicyclic) bond motifs is 1. The number of carbonyl (C=O) groups excluding carboxylic acids is 1. The Balaban J connectivity index is 1.90. The number of hydrogen-bond acceptors (Lipinski definition) is 4. The summed E-state index contributed by atoms with van der Waals surface area (Å²) < 4.78 is 6.08. The predicted octanol–water partition coefficient (Wildman–Crippen LogP) is 2.65. The summed E-state index contributed by atoms with van der Waals surface area (Å²) in [5.41, 5.74) is 1.11. The van der Waals surface area contributed by atoms with Crippen LogP contribution in [0, 0.1) is 0 Å². The van der Waals surface area contributed by atoms with E-state index in [-0.39, 0.29) is 12.0 Å². The van der Waals surface area contributed by atoms with Crippen molar-refractivity contribution in [2.45, 2.75) is 12.5 Å². The molecular formula is C13H13NO2S. The lowest BCUT2D eigenvalue weighted by atomic mass is 10.0. The number of nitrogens with zero attached hydrogens (tertiary/aromatic N) is 1. The first-order valence-electron chi connectivity index (χ1n) is 5.61. The summed E-state index contributed by atoms with van der Waals surface area (Å²) in [6.07, 6.45) is 0.883. The van der Waals surface area contributed by atoms with Gasteiger partial charge in [0.2, 0.25) is 0 Å². The van der Waals surface area contributed by atoms with Gasteiger partial charge in [-0.1, -0.05) is 0 Å². The van der Waals surface area contributed by atoms with Crippen LogP contribution in [-0.4, -0.2) is 25.7 Å². The van der Waals surface area contributed by atoms with Crippen LogP contribution in [-0.2, 0) is 9.53 Å². The van der Waals surface area contributed by atoms with E-state index in [1.807, 2.05) is 0 Å². The van der Waals surface area contributed by atoms with Crippen molar-refractivity contribution < 1.29 is 9.53 Å². The third kappa shape index (κ3) is 1.69. The van der Waals surface area contributed by atoms with Gasteiger partial charge in [-0.15, -0.1) is 11.3 Å². The van der Waals surface area contributed by atoms with Crippen molar-refractivity contribution in [3.63, 3.8) is 0 Å². The third-order valence-electron chi connectivity index (χ3n) is 3.26. The summed E-state index contributed by atoms with van der Waals surface area (Å²) in [5.74, 6) is -0.137. The van der Waals surface area contributed by atoms with E-state index < -0.39 is 0 Å². The largest absolute Gasteiger partial charge is 0.467 e. The van der Waals surface area contributed by atoms with Gasteiger partial charge in [0.25, 0.3) is 0 Å². The van der Waals surface area contributed by atoms with Crippen molar-refractivity contribution in [2.24, 2.45) is 0 Å². The number of hydrogen-bond donors (Lipinski definition) is 0. The van der Waals surface area contributed by atoms with Gasteiger partial charge in [-0.2, -0.15) is 0 Å². The fourth-order valence-electron chi connectivity index (χ4n) is 2.21. The van der Waals surface area contributed by atoms with Crippen molar-refractivity contribution in [3.8, 4) is 0 Å². The molecule has 0 amide bonds. The molecule has 2 heterocycles. The maximum Gasteiger partial charge on any atom is 0.328 e. The summed E-state index contributed by atoms with van der Waals surface area (Å²) in [5, 5.41) is 3.32. The molecule has 0 spiro atoms. The average Bonchev–Trinajstić information content (AvgIpc) is 2.74. The highest BCUT2D eigenvalue weighted by atomic mass is 32.1. The van der Waals surface area contributed by atoms with Gasteiger partial charge in [-0.3, -0.25) is 0 Å². The number of ether oxygens (including phenoxy) is 1. The molecule has 4 heteroatoms. The van der Waals surface area contributed by atoms with Crippen LogP contribution in [0.3, 0.4) is 0 Å². The molecule has 3 rings (SSSR count). The molecule has 0 bridgehead atoms. The van der Waals surface area contributed by atoms with Crippen LogP contribution in [0.25, 0.3) is 10.1 Å². The zero-order valence-corrected chi connectivity index (χ0v) is 10.4. The number of carbonyl (C=O) groups is 1. The molecule has 1 aromatic carbocycles. The minimum Gasteiger partial charge on any atom is -0.467 e. The van der Waals surface area contributed by atoms with E-state index in [2.05, 4.69) is 34.5 Å². The van der Waals surface area contributed by atoms with E-state index in [9.17, 15) is 4.79 Å². The minimum atomic E-state index is -0.137. The molecular weight excluding hydrogens is 234 g/mol. The summed E-state index contributed by atoms with van der Waals surface area (Å²) >= 11 is 1.73. The Labute approximate surface area is 104 Å². The molecule has 2 aromatic rings. The number of anilines is 1. The Morgan fingerprint density at radius 3 is 3.06 bits per heavy atom. The van der Waals surface area contributed by atoms with Crippen molar-refractivity contribution >= 4 is 33.1 Å². The summed E-state index contributed by atoms with van der Waals surface area (Å²) in [6, 6.07) is 8.34. The van der Waals surface area contributed by atoms with Crippen LogP contribution in [0.1, 0.15) is 6.42 Å². The van der Waals surface area contributed by atoms with E-state index in [0.717, 1.165) is 18.7 Å². The Bertz CT molecular complexity index is 563. The molecule has 17 heavy (non-hydrogen) atoms. The van der Waals surface area contributed by atoms with Gasteiger partial charge in [-0.05, 0) is 41.5 Å². The number of thiophene rings is 1. The first-order chi connectivity index (χ1) is 8.29. The summed E-state index contributed by atoms with van der Waals surface area (Å²) in [7, 11) is 1.45. The second kappa shape index (κ2) is 4.04. The van der Waals surface area contributed by atoms with Gasteiger partial charge in [0, 0.05) is 16.9 Å². The third-order valence-corrected chi connectivity index (χ3v) is 4.16. The molecule has 1 aromatic heterocycles. The number of benzene rings is 1. The molecule has 1 aliphatic rings. The molecule has 1 atom stereocenters. The molecule has 88 valence electrons. The Morgan fingerprint density at radius 2 is 2.35 bits per heavy atom. The summed E-state index contributed by atoms with van der Waals surface area (Å²) in [4.78, 5) is 13.6. The van der Waals surface area contributed by atoms with Crippen LogP contribution in [0.4, 0.5) is 5.69 Å². The van der Waals surface area contributed by atoms with E-state index in [1.165, 1.54) is 17.2 Å². The van der Waals surface area contributed by atoms with Crippen LogP contribution in [0.5, 0.6) is 0 Å². The van der Waals surface area contributed by atoms with E-state index in [0.29, 0.717) is 0 Å². The summed E-state index contributed by atoms with van der Waals surface area (Å²) in [6.45, 7) is 0.926. The molecule has 1 unspecified atom stereocenters.